The third-order valence-electron chi connectivity index (χ3n) is 3.14. The zero-order valence-electron chi connectivity index (χ0n) is 11.1. The van der Waals surface area contributed by atoms with Crippen molar-refractivity contribution < 1.29 is 0 Å². The van der Waals surface area contributed by atoms with E-state index in [0.717, 1.165) is 15.6 Å². The predicted octanol–water partition coefficient (Wildman–Crippen LogP) is 3.64. The van der Waals surface area contributed by atoms with E-state index in [1.54, 1.807) is 10.7 Å². The van der Waals surface area contributed by atoms with Gasteiger partial charge in [0.25, 0.3) is 0 Å². The molecule has 0 aliphatic heterocycles. The molecule has 0 fully saturated rings. The number of tetrazole rings is 1. The molecule has 21 heavy (non-hydrogen) atoms. The lowest BCUT2D eigenvalue weighted by Crippen LogP contribution is -2.01. The quantitative estimate of drug-likeness (QED) is 0.705. The Bertz CT molecular complexity index is 815. The lowest BCUT2D eigenvalue weighted by Gasteiger charge is -2.08. The van der Waals surface area contributed by atoms with Gasteiger partial charge in [-0.3, -0.25) is 0 Å². The fourth-order valence-corrected chi connectivity index (χ4v) is 2.50. The van der Waals surface area contributed by atoms with Crippen molar-refractivity contribution in [1.82, 2.24) is 20.2 Å². The van der Waals surface area contributed by atoms with Gasteiger partial charge in [-0.15, -0.1) is 5.10 Å². The molecule has 0 aliphatic carbocycles. The minimum absolute atomic E-state index is 0.562. The molecule has 2 N–H and O–H groups in total. The highest BCUT2D eigenvalue weighted by Crippen LogP contribution is 2.28. The van der Waals surface area contributed by atoms with E-state index in [9.17, 15) is 0 Å². The van der Waals surface area contributed by atoms with Gasteiger partial charge in [-0.05, 0) is 47.2 Å². The van der Waals surface area contributed by atoms with Crippen LogP contribution in [0.3, 0.4) is 0 Å². The summed E-state index contributed by atoms with van der Waals surface area (Å²) in [6, 6.07) is 11.2. The molecule has 1 aromatic heterocycles. The third kappa shape index (κ3) is 2.64. The fourth-order valence-electron chi connectivity index (χ4n) is 1.96. The Morgan fingerprint density at radius 1 is 1.19 bits per heavy atom. The summed E-state index contributed by atoms with van der Waals surface area (Å²) >= 11 is 9.66. The molecule has 0 radical (unpaired) electrons. The minimum atomic E-state index is 0.562. The van der Waals surface area contributed by atoms with Gasteiger partial charge in [0.15, 0.2) is 5.82 Å². The molecule has 3 aromatic rings. The number of hydrogen-bond acceptors (Lipinski definition) is 4. The number of nitrogens with zero attached hydrogens (tertiary/aromatic N) is 4. The number of nitrogens with two attached hydrogens (primary N) is 1. The number of aryl methyl sites for hydroxylation is 1. The summed E-state index contributed by atoms with van der Waals surface area (Å²) < 4.78 is 2.49. The molecule has 1 heterocycles. The Morgan fingerprint density at radius 3 is 2.76 bits per heavy atom. The van der Waals surface area contributed by atoms with Crippen molar-refractivity contribution in [2.75, 3.05) is 5.73 Å². The lowest BCUT2D eigenvalue weighted by atomic mass is 10.1. The molecular formula is C14H11BrClN5. The van der Waals surface area contributed by atoms with Gasteiger partial charge in [-0.2, -0.15) is 4.68 Å². The average Bonchev–Trinajstić information content (AvgIpc) is 2.93. The first-order chi connectivity index (χ1) is 10.1. The van der Waals surface area contributed by atoms with Crippen LogP contribution < -0.4 is 5.73 Å². The smallest absolute Gasteiger partial charge is 0.187 e. The largest absolute Gasteiger partial charge is 0.398 e. The van der Waals surface area contributed by atoms with Crippen LogP contribution in [-0.2, 0) is 0 Å². The number of aromatic nitrogens is 4. The Morgan fingerprint density at radius 2 is 2.00 bits per heavy atom. The summed E-state index contributed by atoms with van der Waals surface area (Å²) in [6.45, 7) is 1.95. The molecule has 0 spiro atoms. The van der Waals surface area contributed by atoms with Crippen molar-refractivity contribution in [3.8, 4) is 17.1 Å². The molecule has 0 unspecified atom stereocenters. The van der Waals surface area contributed by atoms with Crippen molar-refractivity contribution in [3.63, 3.8) is 0 Å². The van der Waals surface area contributed by atoms with Gasteiger partial charge in [0.05, 0.1) is 10.7 Å². The van der Waals surface area contributed by atoms with Crippen molar-refractivity contribution >= 4 is 33.2 Å². The highest BCUT2D eigenvalue weighted by Gasteiger charge is 2.14. The molecule has 0 amide bonds. The van der Waals surface area contributed by atoms with Crippen LogP contribution in [0.1, 0.15) is 5.56 Å². The highest BCUT2D eigenvalue weighted by molar-refractivity contribution is 9.10. The maximum Gasteiger partial charge on any atom is 0.187 e. The minimum Gasteiger partial charge on any atom is -0.398 e. The molecule has 2 aromatic carbocycles. The van der Waals surface area contributed by atoms with Crippen molar-refractivity contribution in [1.29, 1.82) is 0 Å². The van der Waals surface area contributed by atoms with E-state index in [-0.39, 0.29) is 0 Å². The molecule has 0 atom stereocenters. The molecule has 7 heteroatoms. The van der Waals surface area contributed by atoms with Gasteiger partial charge in [0.1, 0.15) is 0 Å². The summed E-state index contributed by atoms with van der Waals surface area (Å²) in [7, 11) is 0. The second-order valence-electron chi connectivity index (χ2n) is 4.58. The van der Waals surface area contributed by atoms with E-state index in [2.05, 4.69) is 31.5 Å². The highest BCUT2D eigenvalue weighted by atomic mass is 79.9. The van der Waals surface area contributed by atoms with Crippen LogP contribution in [0, 0.1) is 6.92 Å². The molecular weight excluding hydrogens is 354 g/mol. The summed E-state index contributed by atoms with van der Waals surface area (Å²) in [5.41, 5.74) is 9.20. The molecule has 0 saturated heterocycles. The first kappa shape index (κ1) is 14.0. The number of benzene rings is 2. The number of hydrogen-bond donors (Lipinski definition) is 1. The maximum atomic E-state index is 6.24. The van der Waals surface area contributed by atoms with Crippen molar-refractivity contribution in [3.05, 3.63) is 51.5 Å². The van der Waals surface area contributed by atoms with E-state index >= 15 is 0 Å². The summed E-state index contributed by atoms with van der Waals surface area (Å²) in [5.74, 6) is 0.585. The maximum absolute atomic E-state index is 6.24. The van der Waals surface area contributed by atoms with Gasteiger partial charge in [0, 0.05) is 15.7 Å². The van der Waals surface area contributed by atoms with Gasteiger partial charge in [-0.25, -0.2) is 0 Å². The van der Waals surface area contributed by atoms with E-state index in [0.29, 0.717) is 22.2 Å². The molecule has 0 saturated carbocycles. The van der Waals surface area contributed by atoms with Crippen LogP contribution in [0.2, 0.25) is 5.02 Å². The Hall–Kier alpha value is -1.92. The Labute approximate surface area is 134 Å². The topological polar surface area (TPSA) is 69.6 Å². The summed E-state index contributed by atoms with van der Waals surface area (Å²) in [6.07, 6.45) is 0. The molecule has 3 rings (SSSR count). The van der Waals surface area contributed by atoms with Crippen LogP contribution in [0.4, 0.5) is 5.69 Å². The predicted molar refractivity (Wildman–Crippen MR) is 86.4 cm³/mol. The van der Waals surface area contributed by atoms with E-state index < -0.39 is 0 Å². The first-order valence-corrected chi connectivity index (χ1v) is 7.33. The number of halogens is 2. The number of anilines is 1. The molecule has 5 nitrogen and oxygen atoms in total. The summed E-state index contributed by atoms with van der Waals surface area (Å²) in [4.78, 5) is 0. The SMILES string of the molecule is Cc1ccc(-c2nnnn2-c2cc(Br)ccc2Cl)cc1N. The zero-order valence-corrected chi connectivity index (χ0v) is 13.4. The van der Waals surface area contributed by atoms with E-state index in [1.165, 1.54) is 0 Å². The third-order valence-corrected chi connectivity index (χ3v) is 3.96. The Kier molecular flexibility index (Phi) is 3.65. The lowest BCUT2D eigenvalue weighted by molar-refractivity contribution is 0.791. The summed E-state index contributed by atoms with van der Waals surface area (Å²) in [5, 5.41) is 12.4. The standard InChI is InChI=1S/C14H11BrClN5/c1-8-2-3-9(6-12(8)17)14-18-19-20-21(14)13-7-10(15)4-5-11(13)16/h2-7H,17H2,1H3. The van der Waals surface area contributed by atoms with Crippen molar-refractivity contribution in [2.24, 2.45) is 0 Å². The average molecular weight is 365 g/mol. The monoisotopic (exact) mass is 363 g/mol. The van der Waals surface area contributed by atoms with Crippen molar-refractivity contribution in [2.45, 2.75) is 6.92 Å². The fraction of sp³-hybridized carbons (Fsp3) is 0.0714. The zero-order chi connectivity index (χ0) is 15.0. The van der Waals surface area contributed by atoms with Gasteiger partial charge >= 0.3 is 0 Å². The van der Waals surface area contributed by atoms with Crippen LogP contribution in [0.5, 0.6) is 0 Å². The van der Waals surface area contributed by atoms with Crippen LogP contribution >= 0.6 is 27.5 Å². The van der Waals surface area contributed by atoms with Gasteiger partial charge < -0.3 is 5.73 Å². The number of nitrogen functional groups attached to an aromatic ring is 1. The normalized spacial score (nSPS) is 10.8. The van der Waals surface area contributed by atoms with E-state index in [4.69, 9.17) is 17.3 Å². The second-order valence-corrected chi connectivity index (χ2v) is 5.90. The second kappa shape index (κ2) is 5.46. The van der Waals surface area contributed by atoms with Crippen LogP contribution in [-0.4, -0.2) is 20.2 Å². The van der Waals surface area contributed by atoms with Gasteiger partial charge in [0.2, 0.25) is 0 Å². The molecule has 0 aliphatic rings. The van der Waals surface area contributed by atoms with Crippen LogP contribution in [0.25, 0.3) is 17.1 Å². The van der Waals surface area contributed by atoms with Crippen LogP contribution in [0.15, 0.2) is 40.9 Å². The molecule has 106 valence electrons. The molecule has 0 bridgehead atoms. The first-order valence-electron chi connectivity index (χ1n) is 6.16. The number of rotatable bonds is 2. The van der Waals surface area contributed by atoms with E-state index in [1.807, 2.05) is 37.3 Å². The van der Waals surface area contributed by atoms with Gasteiger partial charge in [-0.1, -0.05) is 39.7 Å². The Balaban J connectivity index is 2.17.